The largest absolute Gasteiger partial charge is 0.504 e. The first kappa shape index (κ1) is 13.2. The Balaban J connectivity index is 1.77. The average Bonchev–Trinajstić information content (AvgIpc) is 2.82. The molecule has 1 aliphatic heterocycles. The summed E-state index contributed by atoms with van der Waals surface area (Å²) in [5.74, 6) is 0.642. The number of phenols is 2. The summed E-state index contributed by atoms with van der Waals surface area (Å²) in [7, 11) is 0. The Kier molecular flexibility index (Phi) is 4.44. The minimum absolute atomic E-state index is 0.00777. The number of nitrogens with zero attached hydrogens (tertiary/aromatic N) is 1. The van der Waals surface area contributed by atoms with Crippen LogP contribution in [0.2, 0.25) is 0 Å². The van der Waals surface area contributed by atoms with Crippen LogP contribution in [0, 0.1) is 5.92 Å². The van der Waals surface area contributed by atoms with Gasteiger partial charge in [0.1, 0.15) is 0 Å². The lowest BCUT2D eigenvalue weighted by Gasteiger charge is -2.14. The van der Waals surface area contributed by atoms with Crippen LogP contribution in [0.4, 0.5) is 0 Å². The molecule has 1 saturated heterocycles. The molecule has 1 heterocycles. The van der Waals surface area contributed by atoms with E-state index < -0.39 is 0 Å². The average molecular weight is 250 g/mol. The van der Waals surface area contributed by atoms with Crippen molar-refractivity contribution in [2.24, 2.45) is 5.92 Å². The van der Waals surface area contributed by atoms with Crippen LogP contribution in [0.1, 0.15) is 18.9 Å². The molecule has 1 aromatic rings. The molecule has 0 radical (unpaired) electrons. The highest BCUT2D eigenvalue weighted by Crippen LogP contribution is 2.28. The minimum Gasteiger partial charge on any atom is -0.504 e. The molecular formula is C14H22N2O2. The molecule has 2 rings (SSSR count). The van der Waals surface area contributed by atoms with Crippen LogP contribution in [0.5, 0.6) is 11.5 Å². The third kappa shape index (κ3) is 3.15. The molecule has 3 N–H and O–H groups in total. The second kappa shape index (κ2) is 6.07. The summed E-state index contributed by atoms with van der Waals surface area (Å²) in [5.41, 5.74) is 0.750. The molecule has 100 valence electrons. The van der Waals surface area contributed by atoms with Gasteiger partial charge in [0.25, 0.3) is 0 Å². The Labute approximate surface area is 108 Å². The normalized spacial score (nSPS) is 20.4. The van der Waals surface area contributed by atoms with Crippen molar-refractivity contribution in [2.75, 3.05) is 26.2 Å². The predicted molar refractivity (Wildman–Crippen MR) is 71.7 cm³/mol. The summed E-state index contributed by atoms with van der Waals surface area (Å²) in [6, 6.07) is 5.07. The van der Waals surface area contributed by atoms with E-state index in [1.807, 2.05) is 6.07 Å². The van der Waals surface area contributed by atoms with Crippen molar-refractivity contribution in [3.8, 4) is 11.5 Å². The molecule has 0 amide bonds. The van der Waals surface area contributed by atoms with Gasteiger partial charge in [-0.25, -0.2) is 0 Å². The topological polar surface area (TPSA) is 55.7 Å². The number of rotatable bonds is 5. The minimum atomic E-state index is -0.0488. The Hall–Kier alpha value is -1.26. The first-order chi connectivity index (χ1) is 8.70. The molecule has 1 aromatic carbocycles. The SMILES string of the molecule is CCN1CCC(CNCc2cccc(O)c2O)C1. The van der Waals surface area contributed by atoms with Crippen LogP contribution < -0.4 is 5.32 Å². The van der Waals surface area contributed by atoms with E-state index in [4.69, 9.17) is 0 Å². The predicted octanol–water partition coefficient (Wildman–Crippen LogP) is 1.53. The molecular weight excluding hydrogens is 228 g/mol. The van der Waals surface area contributed by atoms with E-state index in [0.29, 0.717) is 12.5 Å². The lowest BCUT2D eigenvalue weighted by Crippen LogP contribution is -2.26. The molecule has 0 bridgehead atoms. The van der Waals surface area contributed by atoms with E-state index in [-0.39, 0.29) is 11.5 Å². The zero-order chi connectivity index (χ0) is 13.0. The second-order valence-electron chi connectivity index (χ2n) is 4.96. The van der Waals surface area contributed by atoms with Gasteiger partial charge < -0.3 is 20.4 Å². The highest BCUT2D eigenvalue weighted by molar-refractivity contribution is 5.44. The number of nitrogens with one attached hydrogen (secondary N) is 1. The monoisotopic (exact) mass is 250 g/mol. The van der Waals surface area contributed by atoms with Crippen LogP contribution >= 0.6 is 0 Å². The van der Waals surface area contributed by atoms with E-state index in [1.165, 1.54) is 19.0 Å². The van der Waals surface area contributed by atoms with Crippen LogP contribution in [-0.2, 0) is 6.54 Å². The smallest absolute Gasteiger partial charge is 0.161 e. The number of hydrogen-bond donors (Lipinski definition) is 3. The van der Waals surface area contributed by atoms with Crippen molar-refractivity contribution >= 4 is 0 Å². The zero-order valence-corrected chi connectivity index (χ0v) is 10.9. The number of hydrogen-bond acceptors (Lipinski definition) is 4. The van der Waals surface area contributed by atoms with Crippen molar-refractivity contribution in [1.82, 2.24) is 10.2 Å². The van der Waals surface area contributed by atoms with Gasteiger partial charge in [0.15, 0.2) is 11.5 Å². The van der Waals surface area contributed by atoms with Crippen molar-refractivity contribution in [1.29, 1.82) is 0 Å². The molecule has 0 saturated carbocycles. The van der Waals surface area contributed by atoms with Gasteiger partial charge in [0.2, 0.25) is 0 Å². The summed E-state index contributed by atoms with van der Waals surface area (Å²) < 4.78 is 0. The highest BCUT2D eigenvalue weighted by atomic mass is 16.3. The maximum atomic E-state index is 9.67. The van der Waals surface area contributed by atoms with Gasteiger partial charge in [0, 0.05) is 18.7 Å². The van der Waals surface area contributed by atoms with E-state index in [0.717, 1.165) is 25.2 Å². The summed E-state index contributed by atoms with van der Waals surface area (Å²) in [6.07, 6.45) is 1.24. The van der Waals surface area contributed by atoms with Gasteiger partial charge in [-0.1, -0.05) is 19.1 Å². The number of benzene rings is 1. The number of likely N-dealkylation sites (tertiary alicyclic amines) is 1. The number of aromatic hydroxyl groups is 2. The molecule has 1 atom stereocenters. The Morgan fingerprint density at radius 1 is 1.39 bits per heavy atom. The maximum Gasteiger partial charge on any atom is 0.161 e. The molecule has 1 unspecified atom stereocenters. The van der Waals surface area contributed by atoms with E-state index in [9.17, 15) is 10.2 Å². The van der Waals surface area contributed by atoms with Crippen LogP contribution in [0.15, 0.2) is 18.2 Å². The molecule has 0 aromatic heterocycles. The third-order valence-corrected chi connectivity index (χ3v) is 3.66. The molecule has 4 nitrogen and oxygen atoms in total. The molecule has 0 spiro atoms. The molecule has 4 heteroatoms. The fourth-order valence-corrected chi connectivity index (χ4v) is 2.50. The summed E-state index contributed by atoms with van der Waals surface area (Å²) in [4.78, 5) is 2.46. The first-order valence-corrected chi connectivity index (χ1v) is 6.63. The van der Waals surface area contributed by atoms with Gasteiger partial charge in [0.05, 0.1) is 0 Å². The fourth-order valence-electron chi connectivity index (χ4n) is 2.50. The molecule has 18 heavy (non-hydrogen) atoms. The summed E-state index contributed by atoms with van der Waals surface area (Å²) in [6.45, 7) is 7.24. The maximum absolute atomic E-state index is 9.67. The Morgan fingerprint density at radius 2 is 2.22 bits per heavy atom. The lowest BCUT2D eigenvalue weighted by atomic mass is 10.1. The van der Waals surface area contributed by atoms with E-state index in [2.05, 4.69) is 17.1 Å². The van der Waals surface area contributed by atoms with Crippen molar-refractivity contribution in [2.45, 2.75) is 19.9 Å². The van der Waals surface area contributed by atoms with Crippen molar-refractivity contribution in [3.63, 3.8) is 0 Å². The fraction of sp³-hybridized carbons (Fsp3) is 0.571. The third-order valence-electron chi connectivity index (χ3n) is 3.66. The van der Waals surface area contributed by atoms with Crippen molar-refractivity contribution < 1.29 is 10.2 Å². The van der Waals surface area contributed by atoms with Gasteiger partial charge in [-0.05, 0) is 38.0 Å². The van der Waals surface area contributed by atoms with E-state index >= 15 is 0 Å². The van der Waals surface area contributed by atoms with Crippen molar-refractivity contribution in [3.05, 3.63) is 23.8 Å². The van der Waals surface area contributed by atoms with Gasteiger partial charge in [-0.2, -0.15) is 0 Å². The van der Waals surface area contributed by atoms with Gasteiger partial charge in [-0.3, -0.25) is 0 Å². The summed E-state index contributed by atoms with van der Waals surface area (Å²) >= 11 is 0. The van der Waals surface area contributed by atoms with Gasteiger partial charge in [-0.15, -0.1) is 0 Å². The number of para-hydroxylation sites is 1. The number of phenolic OH excluding ortho intramolecular Hbond substituents is 2. The van der Waals surface area contributed by atoms with Crippen LogP contribution in [0.25, 0.3) is 0 Å². The lowest BCUT2D eigenvalue weighted by molar-refractivity contribution is 0.338. The quantitative estimate of drug-likeness (QED) is 0.694. The Bertz CT molecular complexity index is 395. The second-order valence-corrected chi connectivity index (χ2v) is 4.96. The molecule has 0 aliphatic carbocycles. The first-order valence-electron chi connectivity index (χ1n) is 6.63. The molecule has 1 fully saturated rings. The Morgan fingerprint density at radius 3 is 2.94 bits per heavy atom. The molecule has 1 aliphatic rings. The highest BCUT2D eigenvalue weighted by Gasteiger charge is 2.20. The standard InChI is InChI=1S/C14H22N2O2/c1-2-16-7-6-11(10-16)8-15-9-12-4-3-5-13(17)14(12)18/h3-5,11,15,17-18H,2,6-10H2,1H3. The van der Waals surface area contributed by atoms with E-state index in [1.54, 1.807) is 6.07 Å². The van der Waals surface area contributed by atoms with Crippen LogP contribution in [0.3, 0.4) is 0 Å². The van der Waals surface area contributed by atoms with Gasteiger partial charge >= 0.3 is 0 Å². The summed E-state index contributed by atoms with van der Waals surface area (Å²) in [5, 5.41) is 22.4. The zero-order valence-electron chi connectivity index (χ0n) is 10.9. The van der Waals surface area contributed by atoms with Crippen LogP contribution in [-0.4, -0.2) is 41.3 Å².